The van der Waals surface area contributed by atoms with Crippen LogP contribution in [-0.2, 0) is 39.2 Å². The molecule has 0 aliphatic rings. The van der Waals surface area contributed by atoms with Gasteiger partial charge in [-0.3, -0.25) is 13.9 Å². The van der Waals surface area contributed by atoms with Gasteiger partial charge in [0.2, 0.25) is 21.8 Å². The van der Waals surface area contributed by atoms with Crippen LogP contribution in [0.1, 0.15) is 30.5 Å². The van der Waals surface area contributed by atoms with Crippen LogP contribution in [-0.4, -0.2) is 50.5 Å². The predicted molar refractivity (Wildman–Crippen MR) is 178 cm³/mol. The Bertz CT molecular complexity index is 1670. The number of carbonyl (C=O) groups excluding carboxylic acids is 2. The van der Waals surface area contributed by atoms with Gasteiger partial charge in [0.1, 0.15) is 30.8 Å². The van der Waals surface area contributed by atoms with Crippen molar-refractivity contribution in [2.75, 3.05) is 23.7 Å². The molecule has 0 saturated heterocycles. The van der Waals surface area contributed by atoms with Gasteiger partial charge in [-0.1, -0.05) is 86.6 Å². The number of anilines is 1. The largest absolute Gasteiger partial charge is 0.489 e. The summed E-state index contributed by atoms with van der Waals surface area (Å²) in [5.74, 6) is -0.673. The summed E-state index contributed by atoms with van der Waals surface area (Å²) in [5, 5.41) is 2.94. The molecule has 46 heavy (non-hydrogen) atoms. The molecule has 0 bridgehead atoms. The van der Waals surface area contributed by atoms with E-state index in [0.29, 0.717) is 24.5 Å². The van der Waals surface area contributed by atoms with Gasteiger partial charge in [-0.05, 0) is 59.0 Å². The van der Waals surface area contributed by atoms with Crippen LogP contribution < -0.4 is 14.4 Å². The standard InChI is InChI=1S/C36H40FN3O5S/c1-27(2)23-38-36(42)34(22-28-10-6-4-7-11-28)39(24-29-14-16-31(37)17-15-29)35(41)25-40(46(3,43)44)32-18-20-33(21-19-32)45-26-30-12-8-5-9-13-30/h4-21,27,34H,22-26H2,1-3H3,(H,38,42)/t34-/m1/s1. The summed E-state index contributed by atoms with van der Waals surface area (Å²) < 4.78 is 46.7. The lowest BCUT2D eigenvalue weighted by atomic mass is 10.0. The van der Waals surface area contributed by atoms with E-state index in [2.05, 4.69) is 5.32 Å². The number of halogens is 1. The van der Waals surface area contributed by atoms with E-state index in [0.717, 1.165) is 21.7 Å². The predicted octanol–water partition coefficient (Wildman–Crippen LogP) is 5.58. The Morgan fingerprint density at radius 3 is 1.96 bits per heavy atom. The number of sulfonamides is 1. The Morgan fingerprint density at radius 2 is 1.39 bits per heavy atom. The summed E-state index contributed by atoms with van der Waals surface area (Å²) in [6.07, 6.45) is 1.23. The van der Waals surface area contributed by atoms with Gasteiger partial charge >= 0.3 is 0 Å². The molecule has 0 radical (unpaired) electrons. The summed E-state index contributed by atoms with van der Waals surface area (Å²) >= 11 is 0. The average molecular weight is 646 g/mol. The minimum Gasteiger partial charge on any atom is -0.489 e. The third-order valence-electron chi connectivity index (χ3n) is 7.27. The van der Waals surface area contributed by atoms with Crippen molar-refractivity contribution < 1.29 is 27.1 Å². The fourth-order valence-corrected chi connectivity index (χ4v) is 5.68. The zero-order chi connectivity index (χ0) is 33.1. The molecule has 0 aromatic heterocycles. The topological polar surface area (TPSA) is 96.0 Å². The molecule has 242 valence electrons. The number of carbonyl (C=O) groups is 2. The van der Waals surface area contributed by atoms with Crippen LogP contribution in [0.15, 0.2) is 109 Å². The second-order valence-electron chi connectivity index (χ2n) is 11.5. The molecule has 0 fully saturated rings. The fraction of sp³-hybridized carbons (Fsp3) is 0.278. The van der Waals surface area contributed by atoms with Crippen molar-refractivity contribution in [2.45, 2.75) is 39.5 Å². The Balaban J connectivity index is 1.63. The van der Waals surface area contributed by atoms with Gasteiger partial charge in [0.05, 0.1) is 11.9 Å². The quantitative estimate of drug-likeness (QED) is 0.182. The number of ether oxygens (including phenoxy) is 1. The van der Waals surface area contributed by atoms with E-state index in [1.807, 2.05) is 74.5 Å². The first-order valence-corrected chi connectivity index (χ1v) is 16.9. The summed E-state index contributed by atoms with van der Waals surface area (Å²) in [6.45, 7) is 4.10. The molecule has 0 aliphatic carbocycles. The van der Waals surface area contributed by atoms with Crippen LogP contribution in [0.4, 0.5) is 10.1 Å². The number of rotatable bonds is 15. The first-order valence-electron chi connectivity index (χ1n) is 15.1. The number of nitrogens with zero attached hydrogens (tertiary/aromatic N) is 2. The highest BCUT2D eigenvalue weighted by atomic mass is 32.2. The van der Waals surface area contributed by atoms with Gasteiger partial charge in [-0.2, -0.15) is 0 Å². The molecular formula is C36H40FN3O5S. The Hall–Kier alpha value is -4.70. The number of hydrogen-bond donors (Lipinski definition) is 1. The van der Waals surface area contributed by atoms with Gasteiger partial charge in [0, 0.05) is 19.5 Å². The first kappa shape index (κ1) is 34.2. The maximum absolute atomic E-state index is 14.2. The highest BCUT2D eigenvalue weighted by Crippen LogP contribution is 2.24. The van der Waals surface area contributed by atoms with Gasteiger partial charge in [0.15, 0.2) is 0 Å². The molecule has 8 nitrogen and oxygen atoms in total. The first-order chi connectivity index (χ1) is 22.0. The van der Waals surface area contributed by atoms with Crippen molar-refractivity contribution in [1.29, 1.82) is 0 Å². The molecule has 0 unspecified atom stereocenters. The molecule has 4 aromatic carbocycles. The van der Waals surface area contributed by atoms with Crippen LogP contribution in [0.2, 0.25) is 0 Å². The van der Waals surface area contributed by atoms with Crippen molar-refractivity contribution in [3.8, 4) is 5.75 Å². The normalized spacial score (nSPS) is 11.9. The van der Waals surface area contributed by atoms with Gasteiger partial charge < -0.3 is 15.0 Å². The SMILES string of the molecule is CC(C)CNC(=O)[C@@H](Cc1ccccc1)N(Cc1ccc(F)cc1)C(=O)CN(c1ccc(OCc2ccccc2)cc1)S(C)(=O)=O. The molecule has 4 rings (SSSR count). The Morgan fingerprint density at radius 1 is 0.804 bits per heavy atom. The highest BCUT2D eigenvalue weighted by Gasteiger charge is 2.33. The zero-order valence-electron chi connectivity index (χ0n) is 26.3. The van der Waals surface area contributed by atoms with Crippen molar-refractivity contribution in [1.82, 2.24) is 10.2 Å². The van der Waals surface area contributed by atoms with Crippen LogP contribution in [0.3, 0.4) is 0 Å². The number of benzene rings is 4. The minimum absolute atomic E-state index is 0.0322. The van der Waals surface area contributed by atoms with Crippen LogP contribution in [0.25, 0.3) is 0 Å². The van der Waals surface area contributed by atoms with E-state index >= 15 is 0 Å². The fourth-order valence-electron chi connectivity index (χ4n) is 4.83. The number of amides is 2. The van der Waals surface area contributed by atoms with Gasteiger partial charge in [0.25, 0.3) is 0 Å². The molecule has 1 atom stereocenters. The highest BCUT2D eigenvalue weighted by molar-refractivity contribution is 7.92. The Labute approximate surface area is 270 Å². The van der Waals surface area contributed by atoms with E-state index in [9.17, 15) is 22.4 Å². The third kappa shape index (κ3) is 10.2. The molecule has 4 aromatic rings. The summed E-state index contributed by atoms with van der Waals surface area (Å²) in [4.78, 5) is 29.3. The van der Waals surface area contributed by atoms with E-state index in [-0.39, 0.29) is 30.5 Å². The van der Waals surface area contributed by atoms with Gasteiger partial charge in [-0.25, -0.2) is 12.8 Å². The molecule has 0 spiro atoms. The van der Waals surface area contributed by atoms with Crippen molar-refractivity contribution >= 4 is 27.5 Å². The lowest BCUT2D eigenvalue weighted by Crippen LogP contribution is -2.53. The smallest absolute Gasteiger partial charge is 0.244 e. The molecule has 0 aliphatic heterocycles. The molecule has 2 amide bonds. The zero-order valence-corrected chi connectivity index (χ0v) is 27.1. The maximum Gasteiger partial charge on any atom is 0.244 e. The maximum atomic E-state index is 14.2. The molecule has 10 heteroatoms. The van der Waals surface area contributed by atoms with E-state index in [4.69, 9.17) is 4.74 Å². The van der Waals surface area contributed by atoms with Gasteiger partial charge in [-0.15, -0.1) is 0 Å². The summed E-state index contributed by atoms with van der Waals surface area (Å²) in [6, 6.07) is 30.1. The number of nitrogens with one attached hydrogen (secondary N) is 1. The minimum atomic E-state index is -3.92. The lowest BCUT2D eigenvalue weighted by molar-refractivity contribution is -0.140. The van der Waals surface area contributed by atoms with E-state index < -0.39 is 34.3 Å². The monoisotopic (exact) mass is 645 g/mol. The second kappa shape index (κ2) is 16.0. The lowest BCUT2D eigenvalue weighted by Gasteiger charge is -2.33. The molecular weight excluding hydrogens is 605 g/mol. The summed E-state index contributed by atoms with van der Waals surface area (Å²) in [5.41, 5.74) is 2.68. The van der Waals surface area contributed by atoms with Crippen molar-refractivity contribution in [2.24, 2.45) is 5.92 Å². The molecule has 0 saturated carbocycles. The van der Waals surface area contributed by atoms with Crippen molar-refractivity contribution in [3.05, 3.63) is 132 Å². The summed E-state index contributed by atoms with van der Waals surface area (Å²) in [7, 11) is -3.92. The molecule has 0 heterocycles. The van der Waals surface area contributed by atoms with E-state index in [1.165, 1.54) is 17.0 Å². The van der Waals surface area contributed by atoms with Crippen LogP contribution in [0.5, 0.6) is 5.75 Å². The van der Waals surface area contributed by atoms with Crippen molar-refractivity contribution in [3.63, 3.8) is 0 Å². The van der Waals surface area contributed by atoms with Crippen LogP contribution in [0, 0.1) is 11.7 Å². The second-order valence-corrected chi connectivity index (χ2v) is 13.4. The third-order valence-corrected chi connectivity index (χ3v) is 8.41. The average Bonchev–Trinajstić information content (AvgIpc) is 3.04. The van der Waals surface area contributed by atoms with Crippen LogP contribution >= 0.6 is 0 Å². The molecule has 1 N–H and O–H groups in total. The van der Waals surface area contributed by atoms with E-state index in [1.54, 1.807) is 36.4 Å². The Kier molecular flexibility index (Phi) is 11.9. The number of hydrogen-bond acceptors (Lipinski definition) is 5.